The summed E-state index contributed by atoms with van der Waals surface area (Å²) in [6.07, 6.45) is 9.88. The minimum atomic E-state index is 0.178. The summed E-state index contributed by atoms with van der Waals surface area (Å²) >= 11 is 0. The number of methoxy groups -OCH3 is 1. The number of nitrogens with two attached hydrogens (primary N) is 1. The summed E-state index contributed by atoms with van der Waals surface area (Å²) in [4.78, 5) is 4.36. The number of pyridine rings is 1. The molecule has 3 N–H and O–H groups in total. The van der Waals surface area contributed by atoms with Crippen LogP contribution in [-0.4, -0.2) is 33.6 Å². The third-order valence-electron chi connectivity index (χ3n) is 9.19. The lowest BCUT2D eigenvalue weighted by atomic mass is 9.49. The van der Waals surface area contributed by atoms with Crippen molar-refractivity contribution in [2.24, 2.45) is 5.41 Å². The summed E-state index contributed by atoms with van der Waals surface area (Å²) in [5, 5.41) is 11.4. The molecule has 2 unspecified atom stereocenters. The number of anilines is 1. The number of ether oxygens (including phenoxy) is 1. The Morgan fingerprint density at radius 1 is 1.00 bits per heavy atom. The number of hydrogen-bond acceptors (Lipinski definition) is 5. The number of nitrogens with one attached hydrogen (secondary N) is 1. The highest BCUT2D eigenvalue weighted by atomic mass is 16.5. The zero-order valence-electron chi connectivity index (χ0n) is 21.0. The molecule has 0 radical (unpaired) electrons. The maximum Gasteiger partial charge on any atom is 0.203 e. The molecule has 2 bridgehead atoms. The fraction of sp³-hybridized carbons (Fsp3) is 0.433. The molecule has 3 saturated carbocycles. The first-order valence-corrected chi connectivity index (χ1v) is 13.2. The molecule has 3 aliphatic rings. The number of H-pyrrole nitrogens is 1. The molecule has 186 valence electrons. The summed E-state index contributed by atoms with van der Waals surface area (Å²) in [5.74, 6) is 0.694. The molecule has 0 aliphatic heterocycles. The fourth-order valence-electron chi connectivity index (χ4n) is 7.26. The van der Waals surface area contributed by atoms with Gasteiger partial charge in [-0.25, -0.2) is 4.98 Å². The normalized spacial score (nSPS) is 26.3. The Kier molecular flexibility index (Phi) is 6.00. The van der Waals surface area contributed by atoms with E-state index in [0.29, 0.717) is 23.0 Å². The molecule has 0 amide bonds. The van der Waals surface area contributed by atoms with Crippen LogP contribution in [0.15, 0.2) is 66.7 Å². The summed E-state index contributed by atoms with van der Waals surface area (Å²) in [7, 11) is 1.91. The van der Waals surface area contributed by atoms with Gasteiger partial charge in [-0.3, -0.25) is 0 Å². The van der Waals surface area contributed by atoms with Gasteiger partial charge in [0.25, 0.3) is 0 Å². The van der Waals surface area contributed by atoms with Crippen LogP contribution in [-0.2, 0) is 10.2 Å². The number of hydrogen-bond donors (Lipinski definition) is 2. The van der Waals surface area contributed by atoms with Crippen molar-refractivity contribution in [1.29, 1.82) is 0 Å². The molecule has 2 heterocycles. The van der Waals surface area contributed by atoms with Gasteiger partial charge in [0, 0.05) is 18.4 Å². The van der Waals surface area contributed by atoms with Crippen molar-refractivity contribution < 1.29 is 4.74 Å². The van der Waals surface area contributed by atoms with Crippen molar-refractivity contribution in [3.63, 3.8) is 0 Å². The first-order valence-electron chi connectivity index (χ1n) is 13.2. The van der Waals surface area contributed by atoms with Crippen LogP contribution in [0, 0.1) is 5.41 Å². The Morgan fingerprint density at radius 3 is 2.44 bits per heavy atom. The zero-order valence-corrected chi connectivity index (χ0v) is 21.0. The van der Waals surface area contributed by atoms with Gasteiger partial charge in [-0.1, -0.05) is 67.1 Å². The van der Waals surface area contributed by atoms with Gasteiger partial charge < -0.3 is 10.5 Å². The molecule has 0 spiro atoms. The van der Waals surface area contributed by atoms with Crippen LogP contribution in [0.1, 0.15) is 74.0 Å². The van der Waals surface area contributed by atoms with E-state index in [2.05, 4.69) is 81.1 Å². The van der Waals surface area contributed by atoms with Crippen molar-refractivity contribution in [3.05, 3.63) is 83.4 Å². The summed E-state index contributed by atoms with van der Waals surface area (Å²) in [6.45, 7) is 0. The van der Waals surface area contributed by atoms with Gasteiger partial charge in [0.15, 0.2) is 0 Å². The highest BCUT2D eigenvalue weighted by molar-refractivity contribution is 5.77. The monoisotopic (exact) mass is 481 g/mol. The van der Waals surface area contributed by atoms with Gasteiger partial charge in [-0.2, -0.15) is 10.3 Å². The van der Waals surface area contributed by atoms with Crippen molar-refractivity contribution in [2.75, 3.05) is 12.8 Å². The predicted octanol–water partition coefficient (Wildman–Crippen LogP) is 6.15. The predicted molar refractivity (Wildman–Crippen MR) is 143 cm³/mol. The van der Waals surface area contributed by atoms with Crippen LogP contribution < -0.4 is 5.73 Å². The lowest BCUT2D eigenvalue weighted by Crippen LogP contribution is -2.54. The van der Waals surface area contributed by atoms with Crippen molar-refractivity contribution in [1.82, 2.24) is 20.4 Å². The van der Waals surface area contributed by atoms with Gasteiger partial charge >= 0.3 is 0 Å². The summed E-state index contributed by atoms with van der Waals surface area (Å²) in [5.41, 5.74) is 12.0. The minimum absolute atomic E-state index is 0.178. The number of fused-ring (bicyclic) bond motifs is 4. The number of rotatable bonds is 8. The van der Waals surface area contributed by atoms with Gasteiger partial charge in [-0.05, 0) is 73.1 Å². The molecule has 3 fully saturated rings. The van der Waals surface area contributed by atoms with Crippen LogP contribution in [0.25, 0.3) is 11.2 Å². The van der Waals surface area contributed by atoms with Gasteiger partial charge in [-0.15, -0.1) is 5.10 Å². The Balaban J connectivity index is 1.23. The van der Waals surface area contributed by atoms with E-state index in [0.717, 1.165) is 30.3 Å². The Hall–Kier alpha value is -3.25. The lowest BCUT2D eigenvalue weighted by molar-refractivity contribution is -0.0969. The first kappa shape index (κ1) is 23.2. The molecular weight excluding hydrogens is 446 g/mol. The average Bonchev–Trinajstić information content (AvgIpc) is 3.41. The molecule has 6 heteroatoms. The highest BCUT2D eigenvalue weighted by Crippen LogP contribution is 2.60. The second-order valence-corrected chi connectivity index (χ2v) is 10.9. The third kappa shape index (κ3) is 3.97. The first-order chi connectivity index (χ1) is 17.6. The average molecular weight is 482 g/mol. The second kappa shape index (κ2) is 9.32. The minimum Gasteiger partial charge on any atom is -0.384 e. The molecule has 2 aromatic carbocycles. The topological polar surface area (TPSA) is 89.7 Å². The molecular formula is C30H35N5O. The fourth-order valence-corrected chi connectivity index (χ4v) is 7.26. The number of aromatic nitrogens is 4. The van der Waals surface area contributed by atoms with E-state index in [-0.39, 0.29) is 11.3 Å². The van der Waals surface area contributed by atoms with E-state index in [1.165, 1.54) is 43.2 Å². The number of nitrogens with zero attached hydrogens (tertiary/aromatic N) is 3. The van der Waals surface area contributed by atoms with E-state index in [1.54, 1.807) is 0 Å². The Bertz CT molecular complexity index is 1310. The van der Waals surface area contributed by atoms with E-state index in [9.17, 15) is 0 Å². The standard InChI is InChI=1S/C30H35N5O/c1-36-25-20-29(15-17-30(25,18-16-29)22-11-6-3-7-12-22)14-8-13-23(21-9-4-2-5-10-21)24-19-26(31)32-28-27(24)33-35-34-28/h2-7,9-12,19,23,25H,8,13-18,20H2,1H3,(H3,31,32,33,34,35). The van der Waals surface area contributed by atoms with Crippen LogP contribution in [0.2, 0.25) is 0 Å². The van der Waals surface area contributed by atoms with E-state index >= 15 is 0 Å². The molecule has 3 aliphatic carbocycles. The largest absolute Gasteiger partial charge is 0.384 e. The molecule has 7 rings (SSSR count). The Morgan fingerprint density at radius 2 is 1.72 bits per heavy atom. The van der Waals surface area contributed by atoms with Crippen LogP contribution in [0.4, 0.5) is 5.82 Å². The quantitative estimate of drug-likeness (QED) is 0.315. The maximum absolute atomic E-state index is 6.19. The van der Waals surface area contributed by atoms with Crippen LogP contribution in [0.5, 0.6) is 0 Å². The zero-order chi connectivity index (χ0) is 24.6. The van der Waals surface area contributed by atoms with Crippen molar-refractivity contribution in [3.8, 4) is 0 Å². The smallest absolute Gasteiger partial charge is 0.203 e. The lowest BCUT2D eigenvalue weighted by Gasteiger charge is -2.58. The molecule has 2 aromatic heterocycles. The highest BCUT2D eigenvalue weighted by Gasteiger charge is 2.55. The van der Waals surface area contributed by atoms with E-state index in [1.807, 2.05) is 13.2 Å². The second-order valence-electron chi connectivity index (χ2n) is 10.9. The maximum atomic E-state index is 6.19. The molecule has 0 saturated heterocycles. The molecule has 6 nitrogen and oxygen atoms in total. The number of nitrogen functional groups attached to an aromatic ring is 1. The third-order valence-corrected chi connectivity index (χ3v) is 9.19. The van der Waals surface area contributed by atoms with E-state index < -0.39 is 0 Å². The summed E-state index contributed by atoms with van der Waals surface area (Å²) < 4.78 is 6.19. The van der Waals surface area contributed by atoms with Gasteiger partial charge in [0.1, 0.15) is 11.3 Å². The van der Waals surface area contributed by atoms with Crippen LogP contribution in [0.3, 0.4) is 0 Å². The SMILES string of the molecule is COC1CC2(CCCC(c3ccccc3)c3cc(N)nc4n[nH]nc34)CCC1(c1ccccc1)CC2. The van der Waals surface area contributed by atoms with Crippen molar-refractivity contribution >= 4 is 17.0 Å². The number of benzene rings is 2. The van der Waals surface area contributed by atoms with Crippen molar-refractivity contribution in [2.45, 2.75) is 68.8 Å². The summed E-state index contributed by atoms with van der Waals surface area (Å²) in [6, 6.07) is 23.8. The molecule has 2 atom stereocenters. The van der Waals surface area contributed by atoms with Crippen LogP contribution >= 0.6 is 0 Å². The van der Waals surface area contributed by atoms with Gasteiger partial charge in [0.2, 0.25) is 5.65 Å². The van der Waals surface area contributed by atoms with Gasteiger partial charge in [0.05, 0.1) is 6.10 Å². The molecule has 4 aromatic rings. The molecule has 36 heavy (non-hydrogen) atoms. The van der Waals surface area contributed by atoms with E-state index in [4.69, 9.17) is 10.5 Å². The number of aromatic amines is 1. The Labute approximate surface area is 212 Å².